The summed E-state index contributed by atoms with van der Waals surface area (Å²) in [5.41, 5.74) is 5.44. The maximum atomic E-state index is 11.5. The lowest BCUT2D eigenvalue weighted by Gasteiger charge is -2.08. The Bertz CT molecular complexity index is 343. The highest BCUT2D eigenvalue weighted by atomic mass is 32.2. The topological polar surface area (TPSA) is 78.1 Å². The summed E-state index contributed by atoms with van der Waals surface area (Å²) in [6.45, 7) is 4.32. The zero-order chi connectivity index (χ0) is 12.0. The highest BCUT2D eigenvalue weighted by molar-refractivity contribution is 8.02. The van der Waals surface area contributed by atoms with Crippen LogP contribution >= 0.6 is 23.1 Å². The molecule has 0 aliphatic heterocycles. The molecule has 1 heterocycles. The summed E-state index contributed by atoms with van der Waals surface area (Å²) in [4.78, 5) is 11.5. The van der Waals surface area contributed by atoms with E-state index in [0.29, 0.717) is 16.1 Å². The Balaban J connectivity index is 2.34. The molecule has 0 amide bonds. The number of carbonyl (C=O) groups is 1. The number of nitrogens with zero attached hydrogens (tertiary/aromatic N) is 2. The predicted molar refractivity (Wildman–Crippen MR) is 65.5 cm³/mol. The van der Waals surface area contributed by atoms with Crippen molar-refractivity contribution in [3.8, 4) is 0 Å². The van der Waals surface area contributed by atoms with Crippen LogP contribution in [0.25, 0.3) is 0 Å². The number of aromatic nitrogens is 2. The highest BCUT2D eigenvalue weighted by Gasteiger charge is 2.17. The van der Waals surface area contributed by atoms with Crippen molar-refractivity contribution in [3.63, 3.8) is 0 Å². The maximum absolute atomic E-state index is 11.5. The molecule has 5 nitrogen and oxygen atoms in total. The standard InChI is InChI=1S/C9H15N3O2S2/c1-3-4-5-14-7(13)6(2)15-9-12-11-8(10)16-9/h6H,3-5H2,1-2H3,(H2,10,11). The average molecular weight is 261 g/mol. The first kappa shape index (κ1) is 13.2. The number of thioether (sulfide) groups is 1. The lowest BCUT2D eigenvalue weighted by molar-refractivity contribution is -0.142. The molecule has 7 heteroatoms. The minimum absolute atomic E-state index is 0.216. The molecule has 0 saturated heterocycles. The van der Waals surface area contributed by atoms with Gasteiger partial charge in [-0.3, -0.25) is 4.79 Å². The van der Waals surface area contributed by atoms with Crippen LogP contribution in [-0.4, -0.2) is 28.0 Å². The summed E-state index contributed by atoms with van der Waals surface area (Å²) in [6, 6.07) is 0. The fraction of sp³-hybridized carbons (Fsp3) is 0.667. The van der Waals surface area contributed by atoms with Gasteiger partial charge in [-0.1, -0.05) is 36.4 Å². The summed E-state index contributed by atoms with van der Waals surface area (Å²) in [6.07, 6.45) is 1.91. The minimum atomic E-state index is -0.274. The third kappa shape index (κ3) is 4.36. The number of rotatable bonds is 6. The zero-order valence-electron chi connectivity index (χ0n) is 9.30. The van der Waals surface area contributed by atoms with Gasteiger partial charge in [-0.2, -0.15) is 0 Å². The molecule has 1 aromatic heterocycles. The predicted octanol–water partition coefficient (Wildman–Crippen LogP) is 1.94. The number of nitrogen functional groups attached to an aromatic ring is 1. The number of anilines is 1. The highest BCUT2D eigenvalue weighted by Crippen LogP contribution is 2.27. The number of carbonyl (C=O) groups excluding carboxylic acids is 1. The molecule has 0 fully saturated rings. The normalized spacial score (nSPS) is 12.4. The van der Waals surface area contributed by atoms with Crippen LogP contribution in [0.5, 0.6) is 0 Å². The minimum Gasteiger partial charge on any atom is -0.465 e. The average Bonchev–Trinajstić information content (AvgIpc) is 2.64. The first-order valence-corrected chi connectivity index (χ1v) is 6.75. The van der Waals surface area contributed by atoms with Gasteiger partial charge in [-0.25, -0.2) is 0 Å². The molecule has 0 spiro atoms. The zero-order valence-corrected chi connectivity index (χ0v) is 10.9. The van der Waals surface area contributed by atoms with Gasteiger partial charge < -0.3 is 10.5 Å². The summed E-state index contributed by atoms with van der Waals surface area (Å²) in [7, 11) is 0. The lowest BCUT2D eigenvalue weighted by atomic mass is 10.4. The molecule has 1 unspecified atom stereocenters. The van der Waals surface area contributed by atoms with E-state index in [1.54, 1.807) is 6.92 Å². The van der Waals surface area contributed by atoms with Crippen LogP contribution in [0.15, 0.2) is 4.34 Å². The van der Waals surface area contributed by atoms with Gasteiger partial charge in [0.05, 0.1) is 6.61 Å². The first-order chi connectivity index (χ1) is 7.63. The van der Waals surface area contributed by atoms with Gasteiger partial charge in [0.15, 0.2) is 4.34 Å². The fourth-order valence-electron chi connectivity index (χ4n) is 0.902. The van der Waals surface area contributed by atoms with E-state index in [2.05, 4.69) is 17.1 Å². The molecule has 0 bridgehead atoms. The van der Waals surface area contributed by atoms with E-state index in [1.165, 1.54) is 23.1 Å². The summed E-state index contributed by atoms with van der Waals surface area (Å²) >= 11 is 2.59. The van der Waals surface area contributed by atoms with Gasteiger partial charge in [0.2, 0.25) is 5.13 Å². The number of esters is 1. The lowest BCUT2D eigenvalue weighted by Crippen LogP contribution is -2.17. The molecule has 0 aliphatic carbocycles. The van der Waals surface area contributed by atoms with E-state index >= 15 is 0 Å². The quantitative estimate of drug-likeness (QED) is 0.479. The van der Waals surface area contributed by atoms with E-state index in [0.717, 1.165) is 12.8 Å². The van der Waals surface area contributed by atoms with E-state index in [9.17, 15) is 4.79 Å². The number of ether oxygens (including phenoxy) is 1. The maximum Gasteiger partial charge on any atom is 0.319 e. The second kappa shape index (κ2) is 6.70. The van der Waals surface area contributed by atoms with Crippen LogP contribution < -0.4 is 5.73 Å². The summed E-state index contributed by atoms with van der Waals surface area (Å²) in [5, 5.41) is 7.65. The molecule has 1 atom stereocenters. The smallest absolute Gasteiger partial charge is 0.319 e. The number of hydrogen-bond donors (Lipinski definition) is 1. The SMILES string of the molecule is CCCCOC(=O)C(C)Sc1nnc(N)s1. The molecule has 0 saturated carbocycles. The number of unbranched alkanes of at least 4 members (excludes halogenated alkanes) is 1. The van der Waals surface area contributed by atoms with Crippen molar-refractivity contribution in [2.45, 2.75) is 36.3 Å². The van der Waals surface area contributed by atoms with Crippen LogP contribution in [-0.2, 0) is 9.53 Å². The molecule has 1 rings (SSSR count). The monoisotopic (exact) mass is 261 g/mol. The molecule has 2 N–H and O–H groups in total. The van der Waals surface area contributed by atoms with Gasteiger partial charge in [0.1, 0.15) is 5.25 Å². The van der Waals surface area contributed by atoms with E-state index < -0.39 is 0 Å². The van der Waals surface area contributed by atoms with Gasteiger partial charge >= 0.3 is 5.97 Å². The number of hydrogen-bond acceptors (Lipinski definition) is 7. The summed E-state index contributed by atoms with van der Waals surface area (Å²) < 4.78 is 5.78. The van der Waals surface area contributed by atoms with Crippen molar-refractivity contribution in [1.29, 1.82) is 0 Å². The molecule has 16 heavy (non-hydrogen) atoms. The molecular weight excluding hydrogens is 246 g/mol. The molecule has 90 valence electrons. The second-order valence-electron chi connectivity index (χ2n) is 3.19. The van der Waals surface area contributed by atoms with Crippen LogP contribution in [0.1, 0.15) is 26.7 Å². The van der Waals surface area contributed by atoms with Crippen LogP contribution in [0.2, 0.25) is 0 Å². The van der Waals surface area contributed by atoms with E-state index in [-0.39, 0.29) is 11.2 Å². The third-order valence-corrected chi connectivity index (χ3v) is 3.69. The Morgan fingerprint density at radius 2 is 2.38 bits per heavy atom. The molecule has 1 aromatic rings. The Morgan fingerprint density at radius 1 is 1.62 bits per heavy atom. The molecule has 0 aliphatic rings. The van der Waals surface area contributed by atoms with Crippen molar-refractivity contribution in [1.82, 2.24) is 10.2 Å². The van der Waals surface area contributed by atoms with E-state index in [1.807, 2.05) is 0 Å². The largest absolute Gasteiger partial charge is 0.465 e. The van der Waals surface area contributed by atoms with Crippen molar-refractivity contribution in [3.05, 3.63) is 0 Å². The van der Waals surface area contributed by atoms with E-state index in [4.69, 9.17) is 10.5 Å². The van der Waals surface area contributed by atoms with Crippen LogP contribution in [0.3, 0.4) is 0 Å². The number of nitrogens with two attached hydrogens (primary N) is 1. The van der Waals surface area contributed by atoms with Crippen molar-refractivity contribution >= 4 is 34.2 Å². The molecule has 0 aromatic carbocycles. The second-order valence-corrected chi connectivity index (χ2v) is 5.78. The van der Waals surface area contributed by atoms with Gasteiger partial charge in [-0.15, -0.1) is 10.2 Å². The van der Waals surface area contributed by atoms with Crippen LogP contribution in [0.4, 0.5) is 5.13 Å². The van der Waals surface area contributed by atoms with Crippen LogP contribution in [0, 0.1) is 0 Å². The third-order valence-electron chi connectivity index (χ3n) is 1.77. The Labute approximate surface area is 103 Å². The van der Waals surface area contributed by atoms with Gasteiger partial charge in [0.25, 0.3) is 0 Å². The van der Waals surface area contributed by atoms with Gasteiger partial charge in [0, 0.05) is 0 Å². The van der Waals surface area contributed by atoms with Crippen molar-refractivity contribution < 1.29 is 9.53 Å². The summed E-state index contributed by atoms with van der Waals surface area (Å²) in [5.74, 6) is -0.216. The fourth-order valence-corrected chi connectivity index (χ4v) is 2.68. The van der Waals surface area contributed by atoms with Crippen molar-refractivity contribution in [2.24, 2.45) is 0 Å². The molecular formula is C9H15N3O2S2. The Morgan fingerprint density at radius 3 is 2.94 bits per heavy atom. The molecule has 0 radical (unpaired) electrons. The van der Waals surface area contributed by atoms with Crippen molar-refractivity contribution in [2.75, 3.05) is 12.3 Å². The Kier molecular flexibility index (Phi) is 5.54. The first-order valence-electron chi connectivity index (χ1n) is 5.05. The van der Waals surface area contributed by atoms with Gasteiger partial charge in [-0.05, 0) is 13.3 Å². The Hall–Kier alpha value is -0.820.